The third kappa shape index (κ3) is 3.75. The van der Waals surface area contributed by atoms with E-state index in [4.69, 9.17) is 4.74 Å². The molecule has 0 amide bonds. The van der Waals surface area contributed by atoms with Crippen LogP contribution in [0.2, 0.25) is 0 Å². The van der Waals surface area contributed by atoms with Crippen molar-refractivity contribution < 1.29 is 22.7 Å². The molecule has 0 unspecified atom stereocenters. The van der Waals surface area contributed by atoms with Crippen molar-refractivity contribution in [2.75, 3.05) is 13.4 Å². The quantitative estimate of drug-likeness (QED) is 0.758. The van der Waals surface area contributed by atoms with Gasteiger partial charge in [-0.15, -0.1) is 5.10 Å². The molecule has 0 fully saturated rings. The third-order valence-electron chi connectivity index (χ3n) is 2.91. The van der Waals surface area contributed by atoms with Crippen LogP contribution in [-0.4, -0.2) is 37.5 Å². The van der Waals surface area contributed by atoms with Crippen LogP contribution in [0, 0.1) is 0 Å². The first-order chi connectivity index (χ1) is 10.7. The van der Waals surface area contributed by atoms with E-state index in [2.05, 4.69) is 9.84 Å². The molecular weight excluding hydrogens is 324 g/mol. The Morgan fingerprint density at radius 2 is 1.91 bits per heavy atom. The minimum atomic E-state index is -3.67. The summed E-state index contributed by atoms with van der Waals surface area (Å²) in [5.41, 5.74) is -0.254. The molecule has 1 heterocycles. The van der Waals surface area contributed by atoms with Crippen LogP contribution >= 0.6 is 0 Å². The first-order valence-corrected chi connectivity index (χ1v) is 8.26. The highest BCUT2D eigenvalue weighted by Crippen LogP contribution is 2.28. The van der Waals surface area contributed by atoms with E-state index in [0.29, 0.717) is 0 Å². The molecule has 2 aromatic rings. The van der Waals surface area contributed by atoms with E-state index in [0.717, 1.165) is 10.9 Å². The van der Waals surface area contributed by atoms with E-state index in [1.807, 2.05) is 0 Å². The first kappa shape index (κ1) is 16.7. The maximum atomic E-state index is 11.9. The van der Waals surface area contributed by atoms with Crippen LogP contribution in [0.3, 0.4) is 0 Å². The van der Waals surface area contributed by atoms with Crippen LogP contribution in [-0.2, 0) is 21.6 Å². The average molecular weight is 338 g/mol. The zero-order valence-electron chi connectivity index (χ0n) is 12.6. The van der Waals surface area contributed by atoms with Gasteiger partial charge in [0.1, 0.15) is 10.6 Å². The van der Waals surface area contributed by atoms with Gasteiger partial charge in [-0.25, -0.2) is 17.9 Å². The highest BCUT2D eigenvalue weighted by molar-refractivity contribution is 7.90. The molecule has 2 rings (SSSR count). The monoisotopic (exact) mass is 338 g/mol. The number of hydrogen-bond acceptors (Lipinski definition) is 7. The second-order valence-electron chi connectivity index (χ2n) is 4.66. The summed E-state index contributed by atoms with van der Waals surface area (Å²) in [6.07, 6.45) is 0.990. The highest BCUT2D eigenvalue weighted by Gasteiger charge is 2.19. The van der Waals surface area contributed by atoms with Crippen molar-refractivity contribution in [3.63, 3.8) is 0 Å². The number of carbonyl (C=O) groups excluding carboxylic acids is 1. The molecule has 9 heteroatoms. The summed E-state index contributed by atoms with van der Waals surface area (Å²) in [6, 6.07) is 6.43. The van der Waals surface area contributed by atoms with Crippen LogP contribution in [0.1, 0.15) is 10.4 Å². The van der Waals surface area contributed by atoms with Gasteiger partial charge in [-0.2, -0.15) is 0 Å². The molecule has 1 aromatic carbocycles. The summed E-state index contributed by atoms with van der Waals surface area (Å²) in [7, 11) is -1.03. The van der Waals surface area contributed by atoms with Crippen LogP contribution in [0.15, 0.2) is 40.0 Å². The Morgan fingerprint density at radius 1 is 1.22 bits per heavy atom. The van der Waals surface area contributed by atoms with Crippen molar-refractivity contribution in [2.45, 2.75) is 4.90 Å². The fourth-order valence-electron chi connectivity index (χ4n) is 1.77. The number of hydrogen-bond donors (Lipinski definition) is 0. The zero-order chi connectivity index (χ0) is 17.2. The molecule has 0 atom stereocenters. The number of ether oxygens (including phenoxy) is 2. The summed E-state index contributed by atoms with van der Waals surface area (Å²) in [6.45, 7) is 0. The summed E-state index contributed by atoms with van der Waals surface area (Å²) in [4.78, 5) is 22.7. The lowest BCUT2D eigenvalue weighted by molar-refractivity contribution is 0.0600. The lowest BCUT2D eigenvalue weighted by atomic mass is 10.2. The fourth-order valence-corrected chi connectivity index (χ4v) is 2.59. The summed E-state index contributed by atoms with van der Waals surface area (Å²) < 4.78 is 34.9. The van der Waals surface area contributed by atoms with Gasteiger partial charge in [0.05, 0.1) is 12.7 Å². The predicted octanol–water partition coefficient (Wildman–Crippen LogP) is 0.763. The van der Waals surface area contributed by atoms with Crippen molar-refractivity contribution in [3.05, 3.63) is 46.2 Å². The summed E-state index contributed by atoms with van der Waals surface area (Å²) in [5, 5.41) is 3.86. The largest absolute Gasteiger partial charge is 0.465 e. The van der Waals surface area contributed by atoms with Crippen molar-refractivity contribution in [2.24, 2.45) is 7.05 Å². The first-order valence-electron chi connectivity index (χ1n) is 6.37. The Balaban J connectivity index is 2.51. The number of aryl methyl sites for hydroxylation is 1. The summed E-state index contributed by atoms with van der Waals surface area (Å²) >= 11 is 0. The molecule has 0 radical (unpaired) electrons. The van der Waals surface area contributed by atoms with E-state index in [1.165, 1.54) is 44.5 Å². The lowest BCUT2D eigenvalue weighted by Gasteiger charge is -2.11. The van der Waals surface area contributed by atoms with Gasteiger partial charge in [0.2, 0.25) is 5.88 Å². The van der Waals surface area contributed by atoms with Gasteiger partial charge in [0, 0.05) is 25.4 Å². The fraction of sp³-hybridized carbons (Fsp3) is 0.214. The number of sulfone groups is 1. The van der Waals surface area contributed by atoms with E-state index < -0.39 is 15.8 Å². The van der Waals surface area contributed by atoms with Gasteiger partial charge in [-0.1, -0.05) is 0 Å². The van der Waals surface area contributed by atoms with E-state index in [1.54, 1.807) is 0 Å². The Hall–Kier alpha value is -2.68. The second-order valence-corrected chi connectivity index (χ2v) is 6.64. The molecule has 0 bridgehead atoms. The normalized spacial score (nSPS) is 11.1. The molecule has 0 aliphatic carbocycles. The molecule has 8 nitrogen and oxygen atoms in total. The van der Waals surface area contributed by atoms with Gasteiger partial charge in [-0.05, 0) is 18.2 Å². The van der Waals surface area contributed by atoms with Crippen LogP contribution in [0.4, 0.5) is 0 Å². The molecule has 0 N–H and O–H groups in total. The topological polar surface area (TPSA) is 105 Å². The van der Waals surface area contributed by atoms with E-state index in [-0.39, 0.29) is 27.6 Å². The van der Waals surface area contributed by atoms with Gasteiger partial charge >= 0.3 is 5.97 Å². The number of esters is 1. The number of nitrogens with zero attached hydrogens (tertiary/aromatic N) is 2. The number of aromatic nitrogens is 2. The molecule has 0 spiro atoms. The smallest absolute Gasteiger partial charge is 0.337 e. The Morgan fingerprint density at radius 3 is 2.48 bits per heavy atom. The number of methoxy groups -OCH3 is 1. The van der Waals surface area contributed by atoms with Crippen molar-refractivity contribution in [1.29, 1.82) is 0 Å². The molecule has 23 heavy (non-hydrogen) atoms. The standard InChI is InChI=1S/C14H14N2O6S/c1-16-13(17)7-6-12(15-16)22-10-5-4-9(14(18)21-2)8-11(10)23(3,19)20/h4-8H,1-3H3. The Labute approximate surface area is 132 Å². The van der Waals surface area contributed by atoms with Crippen LogP contribution < -0.4 is 10.3 Å². The van der Waals surface area contributed by atoms with Gasteiger partial charge in [-0.3, -0.25) is 4.79 Å². The minimum absolute atomic E-state index is 0.00805. The molecule has 0 saturated carbocycles. The number of rotatable bonds is 4. The zero-order valence-corrected chi connectivity index (χ0v) is 13.5. The van der Waals surface area contributed by atoms with E-state index >= 15 is 0 Å². The number of benzene rings is 1. The third-order valence-corrected chi connectivity index (χ3v) is 4.03. The van der Waals surface area contributed by atoms with Crippen LogP contribution in [0.5, 0.6) is 11.6 Å². The molecular formula is C14H14N2O6S. The van der Waals surface area contributed by atoms with Gasteiger partial charge < -0.3 is 9.47 Å². The SMILES string of the molecule is COC(=O)c1ccc(Oc2ccc(=O)n(C)n2)c(S(C)(=O)=O)c1. The average Bonchev–Trinajstić information content (AvgIpc) is 2.49. The Kier molecular flexibility index (Phi) is 4.50. The minimum Gasteiger partial charge on any atom is -0.465 e. The van der Waals surface area contributed by atoms with Gasteiger partial charge in [0.25, 0.3) is 5.56 Å². The maximum Gasteiger partial charge on any atom is 0.337 e. The second kappa shape index (κ2) is 6.21. The lowest BCUT2D eigenvalue weighted by Crippen LogP contribution is -2.18. The molecule has 1 aromatic heterocycles. The van der Waals surface area contributed by atoms with Crippen molar-refractivity contribution in [3.8, 4) is 11.6 Å². The predicted molar refractivity (Wildman–Crippen MR) is 80.4 cm³/mol. The molecule has 122 valence electrons. The highest BCUT2D eigenvalue weighted by atomic mass is 32.2. The van der Waals surface area contributed by atoms with Crippen molar-refractivity contribution in [1.82, 2.24) is 9.78 Å². The molecule has 0 aliphatic heterocycles. The van der Waals surface area contributed by atoms with Gasteiger partial charge in [0.15, 0.2) is 9.84 Å². The van der Waals surface area contributed by atoms with E-state index in [9.17, 15) is 18.0 Å². The Bertz CT molecular complexity index is 917. The summed E-state index contributed by atoms with van der Waals surface area (Å²) in [5.74, 6) is -0.629. The maximum absolute atomic E-state index is 11.9. The van der Waals surface area contributed by atoms with Crippen molar-refractivity contribution >= 4 is 15.8 Å². The molecule has 0 saturated heterocycles. The molecule has 0 aliphatic rings. The van der Waals surface area contributed by atoms with Crippen LogP contribution in [0.25, 0.3) is 0 Å². The number of carbonyl (C=O) groups is 1.